The summed E-state index contributed by atoms with van der Waals surface area (Å²) in [5.41, 5.74) is 7.55. The number of carbonyl (C=O) groups excluding carboxylic acids is 6. The van der Waals surface area contributed by atoms with Crippen molar-refractivity contribution in [2.24, 2.45) is 24.4 Å². The Morgan fingerprint density at radius 1 is 0.627 bits per heavy atom. The molecule has 47 heteroatoms. The zero-order chi connectivity index (χ0) is 52.3. The molecule has 4 aromatic rings. The fourth-order valence-electron chi connectivity index (χ4n) is 6.85. The Morgan fingerprint density at radius 3 is 1.23 bits per heavy atom. The number of aromatic amines is 2. The molecule has 8 rings (SSSR count). The first kappa shape index (κ1) is 88.2. The van der Waals surface area contributed by atoms with E-state index in [9.17, 15) is 58.2 Å². The summed E-state index contributed by atoms with van der Waals surface area (Å²) in [5.74, 6) is -5.37. The monoisotopic (exact) mass is 1320 g/mol. The molecule has 22 N–H and O–H groups in total. The molecule has 0 bridgehead atoms. The van der Waals surface area contributed by atoms with Crippen LogP contribution in [0.25, 0.3) is 0 Å². The van der Waals surface area contributed by atoms with Crippen LogP contribution < -0.4 is 173 Å². The van der Waals surface area contributed by atoms with Crippen LogP contribution in [0.1, 0.15) is 11.4 Å². The molecule has 2 saturated heterocycles. The number of rotatable bonds is 16. The Hall–Kier alpha value is -3.56. The number of aliphatic carboxylic acids is 2. The second-order valence-corrected chi connectivity index (χ2v) is 20.4. The number of anilines is 2. The zero-order valence-electron chi connectivity index (χ0n) is 44.6. The van der Waals surface area contributed by atoms with Gasteiger partial charge in [0.25, 0.3) is 23.6 Å². The number of carboxylic acid groups (broad SMARTS) is 2. The van der Waals surface area contributed by atoms with Gasteiger partial charge in [0.15, 0.2) is 32.0 Å². The topological polar surface area (TPSA) is 656 Å². The molecule has 4 aromatic heterocycles. The Kier molecular flexibility index (Phi) is 41.0. The number of aromatic nitrogens is 8. The van der Waals surface area contributed by atoms with Crippen molar-refractivity contribution in [1.82, 2.24) is 59.9 Å². The average Bonchev–Trinajstić information content (AvgIpc) is 3.98. The minimum absolute atomic E-state index is 0. The van der Waals surface area contributed by atoms with Gasteiger partial charge in [-0.25, -0.2) is 9.97 Å². The number of nitrogens with two attached hydrogens (primary N) is 2. The number of aryl methyl sites for hydroxylation is 2. The number of amides is 4. The first-order chi connectivity index (χ1) is 34.2. The first-order valence-corrected chi connectivity index (χ1v) is 25.7. The van der Waals surface area contributed by atoms with Crippen LogP contribution in [0.3, 0.4) is 0 Å². The van der Waals surface area contributed by atoms with Crippen molar-refractivity contribution in [3.05, 3.63) is 86.1 Å². The van der Waals surface area contributed by atoms with Crippen molar-refractivity contribution in [3.8, 4) is 0 Å². The van der Waals surface area contributed by atoms with Crippen molar-refractivity contribution in [3.63, 3.8) is 0 Å². The molecule has 8 heterocycles. The molecule has 83 heavy (non-hydrogen) atoms. The Labute approximate surface area is 577 Å². The van der Waals surface area contributed by atoms with Gasteiger partial charge in [-0.15, -0.1) is 46.2 Å². The maximum Gasteiger partial charge on any atom is 1.00 e. The third-order valence-electron chi connectivity index (χ3n) is 10.0. The van der Waals surface area contributed by atoms with Crippen molar-refractivity contribution < 1.29 is 205 Å². The summed E-state index contributed by atoms with van der Waals surface area (Å²) in [4.78, 5) is 148. The number of carboxylic acids is 2. The van der Waals surface area contributed by atoms with Gasteiger partial charge < -0.3 is 89.9 Å². The quantitative estimate of drug-likeness (QED) is 0.0151. The van der Waals surface area contributed by atoms with Crippen LogP contribution >= 0.6 is 69.7 Å². The maximum atomic E-state index is 12.9. The van der Waals surface area contributed by atoms with Gasteiger partial charge in [-0.3, -0.25) is 67.7 Å². The van der Waals surface area contributed by atoms with Crippen molar-refractivity contribution in [2.45, 2.75) is 33.1 Å². The van der Waals surface area contributed by atoms with E-state index in [-0.39, 0.29) is 234 Å². The molecule has 436 valence electrons. The number of oxime groups is 2. The maximum absolute atomic E-state index is 12.9. The third-order valence-corrected chi connectivity index (χ3v) is 16.3. The second kappa shape index (κ2) is 38.6. The number of H-pyrrole nitrogens is 2. The Morgan fingerprint density at radius 2 is 0.952 bits per heavy atom. The summed E-state index contributed by atoms with van der Waals surface area (Å²) < 4.78 is 2.48. The molecule has 2 fully saturated rings. The fraction of sp³-hybridized carbons (Fsp3) is 0.333. The number of hydrogen-bond donors (Lipinski definition) is 6. The molecule has 2 unspecified atom stereocenters. The van der Waals surface area contributed by atoms with E-state index in [4.69, 9.17) is 21.1 Å². The van der Waals surface area contributed by atoms with E-state index in [1.807, 2.05) is 0 Å². The van der Waals surface area contributed by atoms with Crippen LogP contribution in [-0.4, -0.2) is 195 Å². The van der Waals surface area contributed by atoms with Crippen molar-refractivity contribution >= 4 is 127 Å². The predicted octanol–water partition coefficient (Wildman–Crippen LogP) is -23.6. The molecule has 0 saturated carbocycles. The minimum atomic E-state index is -1.56. The Balaban J connectivity index is -0.000000431. The number of nitrogens with one attached hydrogen (secondary N) is 4. The van der Waals surface area contributed by atoms with Gasteiger partial charge in [-0.1, -0.05) is 33.8 Å². The zero-order valence-corrected chi connectivity index (χ0v) is 57.5. The Bertz CT molecular complexity index is 3110. The SMILES string of the molecule is CO/N=C(\C(=O)NC1C(=O)N2C(C(=O)[O-])=C(CSc3nc(=O)c(=O)[nH]n3C)CS[C@H]12)c1csc(N)n1.CO/N=C(\C(=O)NC1C(=O)N2C(C(=O)[O-])=C(CSc3nc(=O)c(=O)[nH]n3C)CS[C@H]12)c1csc(N)n1.O.O.O.O.O.O.O.[Na+].[Na+].[Na+].[Na+]. The fourth-order valence-corrected chi connectivity index (χ4v) is 12.8. The molecule has 0 aromatic carbocycles. The van der Waals surface area contributed by atoms with E-state index in [1.165, 1.54) is 72.0 Å². The van der Waals surface area contributed by atoms with Gasteiger partial charge in [0.2, 0.25) is 0 Å². The summed E-state index contributed by atoms with van der Waals surface area (Å²) in [6.45, 7) is 0. The van der Waals surface area contributed by atoms with Gasteiger partial charge in [0, 0.05) is 47.9 Å². The third kappa shape index (κ3) is 19.7. The van der Waals surface area contributed by atoms with E-state index in [0.717, 1.165) is 56.0 Å². The average molecular weight is 1330 g/mol. The summed E-state index contributed by atoms with van der Waals surface area (Å²) >= 11 is 6.69. The number of thiazole rings is 2. The molecule has 4 aliphatic rings. The molecular formula is C36H48N16Na4O21S6+2. The molecule has 37 nitrogen and oxygen atoms in total. The predicted molar refractivity (Wildman–Crippen MR) is 281 cm³/mol. The van der Waals surface area contributed by atoms with Crippen molar-refractivity contribution in [2.75, 3.05) is 48.7 Å². The number of carbonyl (C=O) groups is 6. The van der Waals surface area contributed by atoms with Gasteiger partial charge in [-0.2, -0.15) is 9.97 Å². The second-order valence-electron chi connectivity index (χ2n) is 14.6. The smallest absolute Gasteiger partial charge is 0.543 e. The number of hydrogen-bond acceptors (Lipinski definition) is 28. The number of nitrogen functional groups attached to an aromatic ring is 2. The van der Waals surface area contributed by atoms with Crippen LogP contribution in [-0.2, 0) is 52.5 Å². The summed E-state index contributed by atoms with van der Waals surface area (Å²) in [6, 6.07) is -2.04. The van der Waals surface area contributed by atoms with Crippen molar-refractivity contribution in [1.29, 1.82) is 0 Å². The van der Waals surface area contributed by atoms with E-state index < -0.39 is 80.6 Å². The van der Waals surface area contributed by atoms with E-state index in [2.05, 4.69) is 51.1 Å². The number of β-lactam (4-membered cyclic amide) rings is 2. The minimum Gasteiger partial charge on any atom is -0.543 e. The molecular weight excluding hydrogens is 1280 g/mol. The summed E-state index contributed by atoms with van der Waals surface area (Å²) in [5, 5.41) is 43.3. The van der Waals surface area contributed by atoms with E-state index in [0.29, 0.717) is 11.1 Å². The molecule has 0 radical (unpaired) electrons. The molecule has 4 amide bonds. The number of nitrogens with zero attached hydrogens (tertiary/aromatic N) is 10. The van der Waals surface area contributed by atoms with Crippen LogP contribution in [0, 0.1) is 0 Å². The van der Waals surface area contributed by atoms with Crippen LogP contribution in [0.2, 0.25) is 0 Å². The van der Waals surface area contributed by atoms with Gasteiger partial charge >= 0.3 is 140 Å². The summed E-state index contributed by atoms with van der Waals surface area (Å²) in [7, 11) is 5.44. The summed E-state index contributed by atoms with van der Waals surface area (Å²) in [6.07, 6.45) is 0. The normalized spacial score (nSPS) is 17.0. The van der Waals surface area contributed by atoms with Crippen LogP contribution in [0.4, 0.5) is 10.3 Å². The molecule has 0 aliphatic carbocycles. The van der Waals surface area contributed by atoms with Gasteiger partial charge in [-0.05, 0) is 11.1 Å². The molecule has 4 atom stereocenters. The number of thioether (sulfide) groups is 4. The first-order valence-electron chi connectivity index (χ1n) is 19.9. The van der Waals surface area contributed by atoms with Gasteiger partial charge in [0.05, 0.1) is 23.3 Å². The van der Waals surface area contributed by atoms with Gasteiger partial charge in [0.1, 0.15) is 48.4 Å². The van der Waals surface area contributed by atoms with E-state index in [1.54, 1.807) is 0 Å². The van der Waals surface area contributed by atoms with E-state index >= 15 is 0 Å². The van der Waals surface area contributed by atoms with Crippen LogP contribution in [0.5, 0.6) is 0 Å². The molecule has 0 spiro atoms. The number of fused-ring (bicyclic) bond motifs is 2. The van der Waals surface area contributed by atoms with Crippen LogP contribution in [0.15, 0.2) is 73.1 Å². The molecule has 4 aliphatic heterocycles. The standard InChI is InChI=1S/2C18H18N8O7S3.4Na.7H2O/c2*1-25-18(22-12(28)13(29)23-25)36-4-6-3-34-15-9(14(30)26(15)10(6)16(31)32)21-11(27)8(24-33-2)7-5-35-17(19)20-7;;;;;;;;;;;/h2*5,9,15H,3-4H2,1-2H3,(H2,19,20)(H,21,27)(H,23,29)(H,31,32);;;;;7*1H2/q;;4*+1;;;;;;;/p-2/b2*24-8-;;;;;;;;;;;/t2*9?,15-;;;;;;;;;;;/m11.........../s1. The largest absolute Gasteiger partial charge is 1.00 e.